The summed E-state index contributed by atoms with van der Waals surface area (Å²) in [5.41, 5.74) is 4.46. The van der Waals surface area contributed by atoms with Crippen molar-refractivity contribution < 1.29 is 24.5 Å². The highest BCUT2D eigenvalue weighted by Crippen LogP contribution is 2.66. The van der Waals surface area contributed by atoms with Gasteiger partial charge in [-0.05, 0) is 95.4 Å². The van der Waals surface area contributed by atoms with Crippen LogP contribution in [-0.4, -0.2) is 39.6 Å². The van der Waals surface area contributed by atoms with Crippen molar-refractivity contribution in [3.63, 3.8) is 0 Å². The number of carbonyl (C=O) groups is 1. The lowest BCUT2D eigenvalue weighted by Crippen LogP contribution is -2.46. The lowest BCUT2D eigenvalue weighted by atomic mass is 9.63. The molecule has 0 amide bonds. The maximum absolute atomic E-state index is 12.5. The van der Waals surface area contributed by atoms with Gasteiger partial charge in [-0.25, -0.2) is 4.79 Å². The van der Waals surface area contributed by atoms with Gasteiger partial charge in [-0.1, -0.05) is 99.1 Å². The van der Waals surface area contributed by atoms with Crippen molar-refractivity contribution in [2.75, 3.05) is 0 Å². The number of allylic oxidation sites excluding steroid dienone is 14. The van der Waals surface area contributed by atoms with E-state index in [1.54, 1.807) is 0 Å². The van der Waals surface area contributed by atoms with Crippen LogP contribution in [0.2, 0.25) is 0 Å². The molecule has 2 N–H and O–H groups in total. The van der Waals surface area contributed by atoms with Gasteiger partial charge in [-0.2, -0.15) is 0 Å². The van der Waals surface area contributed by atoms with Crippen molar-refractivity contribution in [3.05, 3.63) is 107 Å². The first-order valence-electron chi connectivity index (χ1n) is 16.4. The minimum atomic E-state index is -0.386. The number of cyclic esters (lactones) is 1. The van der Waals surface area contributed by atoms with E-state index in [1.807, 2.05) is 43.4 Å². The first-order chi connectivity index (χ1) is 21.0. The van der Waals surface area contributed by atoms with Crippen LogP contribution in [0.3, 0.4) is 0 Å². The van der Waals surface area contributed by atoms with E-state index in [0.717, 1.165) is 36.0 Å². The Bertz CT molecular complexity index is 1440. The zero-order valence-corrected chi connectivity index (χ0v) is 28.8. The standard InChI is InChI=1S/C40H54O5/c1-27(15-12-16-28(2)19-20-40-38(7,8)25-33(42)26-39(40,9)45-40)13-10-11-14-29(3)21-34-23-31(36(43)44-34)17-18-35-30(4)22-32(41)24-37(35,5)6/h10-16,19-23,32-33,35,41-42H,17-18,24-26H2,1-9H3/b11-10+,15-12+,20-19+,27-13+,28-16+,29-14+,34-21-/t32-,33+,35+,39-,40+/m1/s1. The molecule has 5 atom stereocenters. The minimum Gasteiger partial charge on any atom is -0.423 e. The molecular weight excluding hydrogens is 560 g/mol. The van der Waals surface area contributed by atoms with E-state index >= 15 is 0 Å². The molecule has 0 bridgehead atoms. The third-order valence-corrected chi connectivity index (χ3v) is 10.2. The molecule has 0 spiro atoms. The number of epoxide rings is 1. The van der Waals surface area contributed by atoms with Crippen LogP contribution >= 0.6 is 0 Å². The zero-order valence-electron chi connectivity index (χ0n) is 28.8. The van der Waals surface area contributed by atoms with E-state index < -0.39 is 0 Å². The summed E-state index contributed by atoms with van der Waals surface area (Å²) >= 11 is 0. The summed E-state index contributed by atoms with van der Waals surface area (Å²) in [6.45, 7) is 19.1. The second kappa shape index (κ2) is 13.4. The Labute approximate surface area is 271 Å². The predicted octanol–water partition coefficient (Wildman–Crippen LogP) is 8.70. The summed E-state index contributed by atoms with van der Waals surface area (Å²) in [7, 11) is 0. The summed E-state index contributed by atoms with van der Waals surface area (Å²) in [4.78, 5) is 12.5. The number of ether oxygens (including phenoxy) is 2. The molecule has 2 aliphatic carbocycles. The van der Waals surface area contributed by atoms with E-state index in [1.165, 1.54) is 5.57 Å². The van der Waals surface area contributed by atoms with Crippen LogP contribution in [0.4, 0.5) is 0 Å². The fourth-order valence-corrected chi connectivity index (χ4v) is 7.85. The van der Waals surface area contributed by atoms with Crippen molar-refractivity contribution in [2.24, 2.45) is 16.7 Å². The molecule has 4 aliphatic rings. The molecule has 45 heavy (non-hydrogen) atoms. The molecule has 2 aliphatic heterocycles. The van der Waals surface area contributed by atoms with Gasteiger partial charge in [0, 0.05) is 17.4 Å². The molecular formula is C40H54O5. The smallest absolute Gasteiger partial charge is 0.339 e. The lowest BCUT2D eigenvalue weighted by molar-refractivity contribution is -0.133. The molecule has 1 saturated heterocycles. The largest absolute Gasteiger partial charge is 0.423 e. The third-order valence-electron chi connectivity index (χ3n) is 10.2. The van der Waals surface area contributed by atoms with Crippen LogP contribution in [0.1, 0.15) is 94.4 Å². The van der Waals surface area contributed by atoms with E-state index in [4.69, 9.17) is 9.47 Å². The Balaban J connectivity index is 1.28. The highest BCUT2D eigenvalue weighted by atomic mass is 16.6. The minimum absolute atomic E-state index is 0.00569. The van der Waals surface area contributed by atoms with E-state index in [-0.39, 0.29) is 40.2 Å². The van der Waals surface area contributed by atoms with Crippen LogP contribution in [0.15, 0.2) is 107 Å². The highest BCUT2D eigenvalue weighted by molar-refractivity contribution is 5.92. The number of aliphatic hydroxyl groups excluding tert-OH is 2. The second-order valence-electron chi connectivity index (χ2n) is 15.2. The topological polar surface area (TPSA) is 79.3 Å². The predicted molar refractivity (Wildman–Crippen MR) is 183 cm³/mol. The molecule has 2 fully saturated rings. The van der Waals surface area contributed by atoms with Gasteiger partial charge in [0.15, 0.2) is 0 Å². The summed E-state index contributed by atoms with van der Waals surface area (Å²) in [6.07, 6.45) is 27.3. The molecule has 5 nitrogen and oxygen atoms in total. The van der Waals surface area contributed by atoms with Crippen molar-refractivity contribution in [1.82, 2.24) is 0 Å². The van der Waals surface area contributed by atoms with Crippen LogP contribution in [0, 0.1) is 16.7 Å². The Morgan fingerprint density at radius 1 is 0.911 bits per heavy atom. The second-order valence-corrected chi connectivity index (χ2v) is 15.2. The number of carbonyl (C=O) groups excluding carboxylic acids is 1. The van der Waals surface area contributed by atoms with E-state index in [0.29, 0.717) is 30.1 Å². The molecule has 2 heterocycles. The Hall–Kier alpha value is -2.99. The Morgan fingerprint density at radius 3 is 2.22 bits per heavy atom. The quantitative estimate of drug-likeness (QED) is 0.111. The number of rotatable bonds is 10. The number of esters is 1. The first kappa shape index (κ1) is 34.9. The molecule has 0 radical (unpaired) electrons. The molecule has 0 unspecified atom stereocenters. The van der Waals surface area contributed by atoms with Gasteiger partial charge in [0.25, 0.3) is 0 Å². The monoisotopic (exact) mass is 614 g/mol. The van der Waals surface area contributed by atoms with Gasteiger partial charge in [-0.15, -0.1) is 0 Å². The van der Waals surface area contributed by atoms with Crippen molar-refractivity contribution >= 4 is 5.97 Å². The van der Waals surface area contributed by atoms with E-state index in [9.17, 15) is 15.0 Å². The van der Waals surface area contributed by atoms with Gasteiger partial charge < -0.3 is 19.7 Å². The normalized spacial score (nSPS) is 34.5. The van der Waals surface area contributed by atoms with Crippen molar-refractivity contribution in [2.45, 2.75) is 118 Å². The first-order valence-corrected chi connectivity index (χ1v) is 16.4. The highest BCUT2D eigenvalue weighted by Gasteiger charge is 2.74. The van der Waals surface area contributed by atoms with Crippen molar-refractivity contribution in [1.29, 1.82) is 0 Å². The summed E-state index contributed by atoms with van der Waals surface area (Å²) in [5, 5.41) is 20.4. The summed E-state index contributed by atoms with van der Waals surface area (Å²) in [6, 6.07) is 0. The molecule has 5 heteroatoms. The molecule has 0 aromatic rings. The van der Waals surface area contributed by atoms with Gasteiger partial charge in [0.2, 0.25) is 0 Å². The molecule has 244 valence electrons. The number of hydrogen-bond donors (Lipinski definition) is 2. The molecule has 0 aromatic heterocycles. The third kappa shape index (κ3) is 8.06. The number of aliphatic hydroxyl groups is 2. The molecule has 4 rings (SSSR count). The van der Waals surface area contributed by atoms with E-state index in [2.05, 4.69) is 91.8 Å². The van der Waals surface area contributed by atoms with Crippen molar-refractivity contribution in [3.8, 4) is 0 Å². The fourth-order valence-electron chi connectivity index (χ4n) is 7.85. The van der Waals surface area contributed by atoms with Crippen LogP contribution in [0.25, 0.3) is 0 Å². The lowest BCUT2D eigenvalue weighted by Gasteiger charge is -2.40. The van der Waals surface area contributed by atoms with Crippen LogP contribution < -0.4 is 0 Å². The fraction of sp³-hybridized carbons (Fsp3) is 0.525. The average Bonchev–Trinajstić information content (AvgIpc) is 3.38. The maximum Gasteiger partial charge on any atom is 0.339 e. The molecule has 0 aromatic carbocycles. The Morgan fingerprint density at radius 2 is 1.56 bits per heavy atom. The molecule has 1 saturated carbocycles. The maximum atomic E-state index is 12.5. The number of fused-ring (bicyclic) bond motifs is 1. The van der Waals surface area contributed by atoms with Crippen LogP contribution in [0.5, 0.6) is 0 Å². The summed E-state index contributed by atoms with van der Waals surface area (Å²) in [5.74, 6) is 0.648. The van der Waals surface area contributed by atoms with Crippen LogP contribution in [-0.2, 0) is 14.3 Å². The SMILES string of the molecule is CC1=C[C@@H](O)CC(C)(C)[C@H]1CCC1=C/C(=C/C(C)=C/C=C/C=C(C)/C=C/C=C(C)/C=C/[C@@]23O[C@]2(C)C[C@@H](O)CC3(C)C)OC1=O. The Kier molecular flexibility index (Phi) is 10.4. The summed E-state index contributed by atoms with van der Waals surface area (Å²) < 4.78 is 11.8. The van der Waals surface area contributed by atoms with Gasteiger partial charge in [0.1, 0.15) is 17.0 Å². The zero-order chi connectivity index (χ0) is 33.2. The number of hydrogen-bond acceptors (Lipinski definition) is 5. The average molecular weight is 615 g/mol. The van der Waals surface area contributed by atoms with Gasteiger partial charge in [0.05, 0.1) is 12.2 Å². The van der Waals surface area contributed by atoms with Gasteiger partial charge >= 0.3 is 5.97 Å². The van der Waals surface area contributed by atoms with Gasteiger partial charge in [-0.3, -0.25) is 0 Å².